The highest BCUT2D eigenvalue weighted by Gasteiger charge is 2.62. The van der Waals surface area contributed by atoms with Gasteiger partial charge < -0.3 is 14.2 Å². The summed E-state index contributed by atoms with van der Waals surface area (Å²) < 4.78 is 16.7. The molecule has 0 aromatic heterocycles. The van der Waals surface area contributed by atoms with E-state index in [4.69, 9.17) is 14.2 Å². The molecule has 2 fully saturated rings. The van der Waals surface area contributed by atoms with Gasteiger partial charge in [0.15, 0.2) is 17.9 Å². The first kappa shape index (κ1) is 21.5. The zero-order chi connectivity index (χ0) is 21.4. The number of hydrogen-bond donors (Lipinski definition) is 0. The summed E-state index contributed by atoms with van der Waals surface area (Å²) in [6.45, 7) is 1.99. The molecule has 5 rings (SSSR count). The summed E-state index contributed by atoms with van der Waals surface area (Å²) in [5, 5.41) is 0. The molecule has 5 nitrogen and oxygen atoms in total. The molecule has 0 amide bonds. The average molecular weight is 489 g/mol. The van der Waals surface area contributed by atoms with Crippen molar-refractivity contribution in [3.05, 3.63) is 47.0 Å². The molecule has 0 radical (unpaired) electrons. The maximum absolute atomic E-state index is 13.7. The highest BCUT2D eigenvalue weighted by Crippen LogP contribution is 2.53. The smallest absolute Gasteiger partial charge is 0.184 e. The molecular formula is C25H29BrO5. The molecule has 0 bridgehead atoms. The fourth-order valence-electron chi connectivity index (χ4n) is 5.67. The van der Waals surface area contributed by atoms with E-state index in [0.717, 1.165) is 57.1 Å². The molecule has 6 heteroatoms. The van der Waals surface area contributed by atoms with Gasteiger partial charge in [0.1, 0.15) is 10.4 Å². The molecular weight excluding hydrogens is 460 g/mol. The van der Waals surface area contributed by atoms with Crippen molar-refractivity contribution >= 4 is 27.5 Å². The van der Waals surface area contributed by atoms with Crippen molar-refractivity contribution in [1.82, 2.24) is 0 Å². The molecule has 0 N–H and O–H groups in total. The van der Waals surface area contributed by atoms with E-state index < -0.39 is 10.2 Å². The molecule has 166 valence electrons. The lowest BCUT2D eigenvalue weighted by Crippen LogP contribution is -2.62. The number of carbonyl (C=O) groups is 2. The Bertz CT molecular complexity index is 890. The molecule has 0 saturated carbocycles. The van der Waals surface area contributed by atoms with Crippen LogP contribution in [0.15, 0.2) is 35.9 Å². The number of benzene rings is 1. The van der Waals surface area contributed by atoms with Crippen LogP contribution in [0.3, 0.4) is 0 Å². The summed E-state index contributed by atoms with van der Waals surface area (Å²) in [7, 11) is 0. The van der Waals surface area contributed by atoms with Crippen molar-refractivity contribution in [2.75, 3.05) is 19.8 Å². The van der Waals surface area contributed by atoms with Crippen molar-refractivity contribution in [3.63, 3.8) is 0 Å². The summed E-state index contributed by atoms with van der Waals surface area (Å²) in [4.78, 5) is 27.4. The molecule has 4 aliphatic rings. The number of carbonyl (C=O) groups excluding carboxylic acids is 2. The van der Waals surface area contributed by atoms with Crippen LogP contribution < -0.4 is 0 Å². The molecule has 1 aromatic rings. The van der Waals surface area contributed by atoms with Gasteiger partial charge in [-0.15, -0.1) is 0 Å². The molecule has 1 unspecified atom stereocenters. The zero-order valence-corrected chi connectivity index (χ0v) is 19.3. The molecule has 2 saturated heterocycles. The predicted octanol–water partition coefficient (Wildman–Crippen LogP) is 4.87. The number of ether oxygens (including phenoxy) is 3. The molecule has 2 aliphatic heterocycles. The maximum Gasteiger partial charge on any atom is 0.184 e. The molecule has 2 aliphatic carbocycles. The van der Waals surface area contributed by atoms with Crippen LogP contribution in [0.2, 0.25) is 0 Å². The Hall–Kier alpha value is -1.34. The average Bonchev–Trinajstić information content (AvgIpc) is 2.81. The van der Waals surface area contributed by atoms with Gasteiger partial charge in [0.2, 0.25) is 0 Å². The lowest BCUT2D eigenvalue weighted by molar-refractivity contribution is -0.163. The van der Waals surface area contributed by atoms with Gasteiger partial charge in [0, 0.05) is 30.9 Å². The van der Waals surface area contributed by atoms with Crippen LogP contribution in [0.5, 0.6) is 0 Å². The highest BCUT2D eigenvalue weighted by atomic mass is 79.9. The van der Waals surface area contributed by atoms with E-state index in [2.05, 4.69) is 22.0 Å². The first-order valence-corrected chi connectivity index (χ1v) is 12.3. The van der Waals surface area contributed by atoms with Crippen molar-refractivity contribution in [3.8, 4) is 0 Å². The number of Topliss-reactive ketones (excluding diaryl/α,β-unsaturated/α-hetero) is 2. The minimum atomic E-state index is -1.03. The monoisotopic (exact) mass is 488 g/mol. The second-order valence-electron chi connectivity index (χ2n) is 9.05. The third-order valence-corrected chi connectivity index (χ3v) is 8.38. The number of rotatable bonds is 5. The van der Waals surface area contributed by atoms with E-state index in [1.807, 2.05) is 12.1 Å². The van der Waals surface area contributed by atoms with Gasteiger partial charge in [-0.1, -0.05) is 46.3 Å². The number of ketones is 2. The third-order valence-electron chi connectivity index (χ3n) is 7.11. The molecule has 1 aromatic carbocycles. The largest absolute Gasteiger partial charge is 0.372 e. The maximum atomic E-state index is 13.7. The second-order valence-corrected chi connectivity index (χ2v) is 10.4. The van der Waals surface area contributed by atoms with Crippen molar-refractivity contribution in [2.45, 2.75) is 61.7 Å². The van der Waals surface area contributed by atoms with Gasteiger partial charge >= 0.3 is 0 Å². The minimum absolute atomic E-state index is 0.0204. The summed E-state index contributed by atoms with van der Waals surface area (Å²) >= 11 is 3.81. The quantitative estimate of drug-likeness (QED) is 0.336. The summed E-state index contributed by atoms with van der Waals surface area (Å²) in [6.07, 6.45) is 8.42. The van der Waals surface area contributed by atoms with Crippen LogP contribution in [-0.2, 0) is 14.2 Å². The van der Waals surface area contributed by atoms with E-state index in [-0.39, 0.29) is 29.9 Å². The van der Waals surface area contributed by atoms with Gasteiger partial charge in [-0.3, -0.25) is 9.59 Å². The summed E-state index contributed by atoms with van der Waals surface area (Å²) in [5.41, 5.74) is 2.20. The van der Waals surface area contributed by atoms with Crippen molar-refractivity contribution in [1.29, 1.82) is 0 Å². The van der Waals surface area contributed by atoms with E-state index in [1.54, 1.807) is 12.1 Å². The lowest BCUT2D eigenvalue weighted by Gasteiger charge is -2.50. The van der Waals surface area contributed by atoms with Gasteiger partial charge in [0.25, 0.3) is 0 Å². The fourth-order valence-corrected chi connectivity index (χ4v) is 6.85. The number of halogens is 1. The van der Waals surface area contributed by atoms with Crippen LogP contribution >= 0.6 is 15.9 Å². The Morgan fingerprint density at radius 1 is 1.06 bits per heavy atom. The number of allylic oxidation sites excluding steroid dienone is 1. The Morgan fingerprint density at radius 3 is 2.68 bits per heavy atom. The third kappa shape index (κ3) is 3.75. The molecule has 5 atom stereocenters. The Balaban J connectivity index is 1.40. The van der Waals surface area contributed by atoms with Gasteiger partial charge in [-0.2, -0.15) is 0 Å². The number of alkyl halides is 1. The minimum Gasteiger partial charge on any atom is -0.372 e. The summed E-state index contributed by atoms with van der Waals surface area (Å²) in [6, 6.07) is 7.20. The molecule has 2 heterocycles. The predicted molar refractivity (Wildman–Crippen MR) is 120 cm³/mol. The van der Waals surface area contributed by atoms with Crippen LogP contribution in [0, 0.1) is 11.8 Å². The van der Waals surface area contributed by atoms with Crippen LogP contribution in [0.25, 0.3) is 0 Å². The van der Waals surface area contributed by atoms with E-state index in [1.165, 1.54) is 0 Å². The molecule has 0 spiro atoms. The Kier molecular flexibility index (Phi) is 6.17. The summed E-state index contributed by atoms with van der Waals surface area (Å²) in [5.74, 6) is -0.471. The van der Waals surface area contributed by atoms with Gasteiger partial charge in [-0.25, -0.2) is 0 Å². The van der Waals surface area contributed by atoms with E-state index in [9.17, 15) is 9.59 Å². The van der Waals surface area contributed by atoms with Crippen LogP contribution in [0.4, 0.5) is 0 Å². The lowest BCUT2D eigenvalue weighted by atomic mass is 9.60. The number of fused-ring (bicyclic) bond motifs is 4. The fraction of sp³-hybridized carbons (Fsp3) is 0.600. The van der Waals surface area contributed by atoms with E-state index >= 15 is 0 Å². The highest BCUT2D eigenvalue weighted by molar-refractivity contribution is 9.10. The number of hydrogen-bond acceptors (Lipinski definition) is 5. The topological polar surface area (TPSA) is 61.8 Å². The van der Waals surface area contributed by atoms with E-state index in [0.29, 0.717) is 24.3 Å². The normalized spacial score (nSPS) is 35.1. The molecule has 31 heavy (non-hydrogen) atoms. The van der Waals surface area contributed by atoms with Crippen molar-refractivity contribution < 1.29 is 23.8 Å². The standard InChI is InChI=1S/C25H29BrO5/c26-25-21(22(27)18-9-1-2-10-19(18)23(25)28)16(15-17-8-6-14-31-24(17)25)7-5-13-30-20-11-3-4-12-29-20/h1-2,9-10,15-16,20-21,24H,3-8,11-14H2/t16-,20?,21+,24+,25-/m0/s1. The van der Waals surface area contributed by atoms with Gasteiger partial charge in [-0.05, 0) is 56.4 Å². The van der Waals surface area contributed by atoms with Crippen molar-refractivity contribution in [2.24, 2.45) is 11.8 Å². The Labute approximate surface area is 191 Å². The van der Waals surface area contributed by atoms with Crippen LogP contribution in [0.1, 0.15) is 65.7 Å². The SMILES string of the molecule is O=C1c2ccccc2C(=O)[C@]2(Br)[C@@H]3OCCCC3=C[C@H](CCCOC3CCCCO3)[C@H]12. The zero-order valence-electron chi connectivity index (χ0n) is 17.7. The first-order valence-electron chi connectivity index (χ1n) is 11.5. The van der Waals surface area contributed by atoms with Crippen LogP contribution in [-0.4, -0.2) is 48.1 Å². The Morgan fingerprint density at radius 2 is 1.87 bits per heavy atom. The second kappa shape index (κ2) is 8.89. The first-order chi connectivity index (χ1) is 15.1. The van der Waals surface area contributed by atoms with Gasteiger partial charge in [0.05, 0.1) is 5.92 Å².